The number of carbonyl (C=O) groups is 3. The van der Waals surface area contributed by atoms with Crippen molar-refractivity contribution in [2.75, 3.05) is 43.6 Å². The van der Waals surface area contributed by atoms with Crippen LogP contribution in [0.2, 0.25) is 0 Å². The van der Waals surface area contributed by atoms with E-state index in [2.05, 4.69) is 15.4 Å². The molecule has 2 N–H and O–H groups in total. The molecule has 2 amide bonds. The number of nitrogens with one attached hydrogen (secondary N) is 2. The van der Waals surface area contributed by atoms with E-state index in [1.54, 1.807) is 41.4 Å². The van der Waals surface area contributed by atoms with Gasteiger partial charge in [-0.3, -0.25) is 14.4 Å². The number of hydrogen-bond donors (Lipinski definition) is 2. The second-order valence-electron chi connectivity index (χ2n) is 6.81. The van der Waals surface area contributed by atoms with Crippen molar-refractivity contribution in [3.05, 3.63) is 46.2 Å². The van der Waals surface area contributed by atoms with E-state index in [9.17, 15) is 22.8 Å². The summed E-state index contributed by atoms with van der Waals surface area (Å²) in [6.45, 7) is 0.656. The molecule has 9 nitrogen and oxygen atoms in total. The lowest BCUT2D eigenvalue weighted by atomic mass is 10.1. The maximum Gasteiger partial charge on any atom is 0.325 e. The SMILES string of the molecule is COC(=O)CNC(=O)Cc1ccc(NC(=O)c2sccc2S(=O)(=O)N2CCSCC2)cc1. The molecule has 1 fully saturated rings. The molecule has 1 aliphatic heterocycles. The van der Waals surface area contributed by atoms with Crippen molar-refractivity contribution in [1.29, 1.82) is 0 Å². The second kappa shape index (κ2) is 10.9. The first-order chi connectivity index (χ1) is 15.3. The van der Waals surface area contributed by atoms with E-state index < -0.39 is 21.9 Å². The molecule has 0 atom stereocenters. The maximum atomic E-state index is 13.0. The number of anilines is 1. The van der Waals surface area contributed by atoms with Crippen molar-refractivity contribution < 1.29 is 27.5 Å². The van der Waals surface area contributed by atoms with Crippen LogP contribution in [0.25, 0.3) is 0 Å². The van der Waals surface area contributed by atoms with Crippen LogP contribution in [0, 0.1) is 0 Å². The molecule has 0 bridgehead atoms. The van der Waals surface area contributed by atoms with Gasteiger partial charge in [0, 0.05) is 30.3 Å². The zero-order valence-electron chi connectivity index (χ0n) is 17.3. The van der Waals surface area contributed by atoms with Gasteiger partial charge in [-0.15, -0.1) is 11.3 Å². The molecule has 3 rings (SSSR count). The van der Waals surface area contributed by atoms with Crippen LogP contribution >= 0.6 is 23.1 Å². The summed E-state index contributed by atoms with van der Waals surface area (Å²) < 4.78 is 31.8. The molecule has 0 spiro atoms. The van der Waals surface area contributed by atoms with E-state index in [1.807, 2.05) is 0 Å². The van der Waals surface area contributed by atoms with Crippen molar-refractivity contribution in [2.45, 2.75) is 11.3 Å². The van der Waals surface area contributed by atoms with Crippen LogP contribution in [0.5, 0.6) is 0 Å². The highest BCUT2D eigenvalue weighted by Gasteiger charge is 2.31. The molecule has 2 aromatic rings. The summed E-state index contributed by atoms with van der Waals surface area (Å²) in [5, 5.41) is 6.75. The Bertz CT molecular complexity index is 1080. The Morgan fingerprint density at radius 2 is 1.78 bits per heavy atom. The van der Waals surface area contributed by atoms with Crippen molar-refractivity contribution >= 4 is 56.6 Å². The van der Waals surface area contributed by atoms with Gasteiger partial charge in [0.15, 0.2) is 0 Å². The Morgan fingerprint density at radius 3 is 2.44 bits per heavy atom. The number of hydrogen-bond acceptors (Lipinski definition) is 8. The van der Waals surface area contributed by atoms with Gasteiger partial charge >= 0.3 is 5.97 Å². The molecular weight excluding hydrogens is 474 g/mol. The molecule has 12 heteroatoms. The number of thiophene rings is 1. The molecule has 1 aromatic carbocycles. The zero-order valence-corrected chi connectivity index (χ0v) is 19.8. The minimum atomic E-state index is -3.73. The number of amides is 2. The lowest BCUT2D eigenvalue weighted by molar-refractivity contribution is -0.141. The molecule has 0 radical (unpaired) electrons. The molecule has 0 saturated carbocycles. The Morgan fingerprint density at radius 1 is 1.09 bits per heavy atom. The van der Waals surface area contributed by atoms with Crippen LogP contribution in [0.1, 0.15) is 15.2 Å². The molecular formula is C20H23N3O6S3. The molecule has 1 aliphatic rings. The van der Waals surface area contributed by atoms with Gasteiger partial charge < -0.3 is 15.4 Å². The third-order valence-corrected chi connectivity index (χ3v) is 8.58. The first-order valence-electron chi connectivity index (χ1n) is 9.70. The molecule has 0 aliphatic carbocycles. The molecule has 1 saturated heterocycles. The lowest BCUT2D eigenvalue weighted by Gasteiger charge is -2.25. The van der Waals surface area contributed by atoms with E-state index in [4.69, 9.17) is 0 Å². The molecule has 0 unspecified atom stereocenters. The molecule has 32 heavy (non-hydrogen) atoms. The van der Waals surface area contributed by atoms with Crippen molar-refractivity contribution in [3.8, 4) is 0 Å². The van der Waals surface area contributed by atoms with Gasteiger partial charge in [0.05, 0.1) is 13.5 Å². The summed E-state index contributed by atoms with van der Waals surface area (Å²) in [4.78, 5) is 35.9. The van der Waals surface area contributed by atoms with Gasteiger partial charge in [0.2, 0.25) is 15.9 Å². The zero-order chi connectivity index (χ0) is 23.1. The standard InChI is InChI=1S/C20H23N3O6S3/c1-29-18(25)13-21-17(24)12-14-2-4-15(5-3-14)22-20(26)19-16(6-9-31-19)32(27,28)23-7-10-30-11-8-23/h2-6,9H,7-8,10-13H2,1H3,(H,21,24)(H,22,26). The second-order valence-corrected chi connectivity index (χ2v) is 10.9. The minimum Gasteiger partial charge on any atom is -0.468 e. The normalized spacial score (nSPS) is 14.5. The summed E-state index contributed by atoms with van der Waals surface area (Å²) in [5.41, 5.74) is 1.16. The van der Waals surface area contributed by atoms with Crippen LogP contribution in [-0.2, 0) is 30.8 Å². The van der Waals surface area contributed by atoms with E-state index in [0.29, 0.717) is 24.3 Å². The number of sulfonamides is 1. The van der Waals surface area contributed by atoms with E-state index in [1.165, 1.54) is 17.5 Å². The molecule has 172 valence electrons. The topological polar surface area (TPSA) is 122 Å². The van der Waals surface area contributed by atoms with Gasteiger partial charge in [-0.25, -0.2) is 8.42 Å². The third-order valence-electron chi connectivity index (χ3n) is 4.66. The van der Waals surface area contributed by atoms with E-state index in [-0.39, 0.29) is 28.6 Å². The number of rotatable bonds is 8. The Hall–Kier alpha value is -2.41. The first kappa shape index (κ1) is 24.2. The fourth-order valence-electron chi connectivity index (χ4n) is 2.98. The lowest BCUT2D eigenvalue weighted by Crippen LogP contribution is -2.38. The highest BCUT2D eigenvalue weighted by molar-refractivity contribution is 7.99. The van der Waals surface area contributed by atoms with Crippen LogP contribution in [0.4, 0.5) is 5.69 Å². The minimum absolute atomic E-state index is 0.0193. The number of methoxy groups -OCH3 is 1. The monoisotopic (exact) mass is 497 g/mol. The Labute approximate surface area is 194 Å². The highest BCUT2D eigenvalue weighted by atomic mass is 32.2. The third kappa shape index (κ3) is 6.09. The summed E-state index contributed by atoms with van der Waals surface area (Å²) in [6, 6.07) is 8.07. The summed E-state index contributed by atoms with van der Waals surface area (Å²) in [5.74, 6) is 0.0893. The number of benzene rings is 1. The average molecular weight is 498 g/mol. The average Bonchev–Trinajstić information content (AvgIpc) is 3.30. The van der Waals surface area contributed by atoms with E-state index in [0.717, 1.165) is 22.8 Å². The van der Waals surface area contributed by atoms with Gasteiger partial charge in [-0.2, -0.15) is 16.1 Å². The van der Waals surface area contributed by atoms with Crippen LogP contribution < -0.4 is 10.6 Å². The quantitative estimate of drug-likeness (QED) is 0.531. The Balaban J connectivity index is 1.63. The fourth-order valence-corrected chi connectivity index (χ4v) is 6.85. The summed E-state index contributed by atoms with van der Waals surface area (Å²) in [6.07, 6.45) is 0.0622. The number of esters is 1. The predicted octanol–water partition coefficient (Wildman–Crippen LogP) is 1.57. The number of thioether (sulfide) groups is 1. The molecule has 2 heterocycles. The van der Waals surface area contributed by atoms with Gasteiger partial charge in [-0.05, 0) is 29.1 Å². The van der Waals surface area contributed by atoms with Gasteiger partial charge in [0.1, 0.15) is 16.3 Å². The van der Waals surface area contributed by atoms with Crippen molar-refractivity contribution in [3.63, 3.8) is 0 Å². The number of nitrogens with zero attached hydrogens (tertiary/aromatic N) is 1. The summed E-state index contributed by atoms with van der Waals surface area (Å²) in [7, 11) is -2.49. The largest absolute Gasteiger partial charge is 0.468 e. The van der Waals surface area contributed by atoms with Crippen LogP contribution in [-0.4, -0.2) is 68.8 Å². The predicted molar refractivity (Wildman–Crippen MR) is 124 cm³/mol. The van der Waals surface area contributed by atoms with Crippen molar-refractivity contribution in [2.24, 2.45) is 0 Å². The van der Waals surface area contributed by atoms with Crippen LogP contribution in [0.3, 0.4) is 0 Å². The fraction of sp³-hybridized carbons (Fsp3) is 0.350. The molecule has 1 aromatic heterocycles. The van der Waals surface area contributed by atoms with Crippen molar-refractivity contribution in [1.82, 2.24) is 9.62 Å². The highest BCUT2D eigenvalue weighted by Crippen LogP contribution is 2.28. The van der Waals surface area contributed by atoms with Crippen LogP contribution in [0.15, 0.2) is 40.6 Å². The Kier molecular flexibility index (Phi) is 8.29. The number of carbonyl (C=O) groups excluding carboxylic acids is 3. The maximum absolute atomic E-state index is 13.0. The van der Waals surface area contributed by atoms with Gasteiger partial charge in [-0.1, -0.05) is 12.1 Å². The number of ether oxygens (including phenoxy) is 1. The summed E-state index contributed by atoms with van der Waals surface area (Å²) >= 11 is 2.78. The smallest absolute Gasteiger partial charge is 0.325 e. The first-order valence-corrected chi connectivity index (χ1v) is 13.2. The van der Waals surface area contributed by atoms with E-state index >= 15 is 0 Å². The van der Waals surface area contributed by atoms with Gasteiger partial charge in [0.25, 0.3) is 5.91 Å².